The molecule has 0 aliphatic heterocycles. The van der Waals surface area contributed by atoms with E-state index in [0.29, 0.717) is 0 Å². The molecule has 0 saturated heterocycles. The van der Waals surface area contributed by atoms with Gasteiger partial charge in [0.1, 0.15) is 5.82 Å². The Morgan fingerprint density at radius 2 is 1.71 bits per heavy atom. The summed E-state index contributed by atoms with van der Waals surface area (Å²) in [7, 11) is 0. The van der Waals surface area contributed by atoms with Crippen LogP contribution in [0.25, 0.3) is 0 Å². The summed E-state index contributed by atoms with van der Waals surface area (Å²) in [6.07, 6.45) is 0. The predicted octanol–water partition coefficient (Wildman–Crippen LogP) is 5.67. The molecule has 0 spiro atoms. The van der Waals surface area contributed by atoms with Gasteiger partial charge in [-0.1, -0.05) is 50.9 Å². The summed E-state index contributed by atoms with van der Waals surface area (Å²) in [5.74, 6) is -0.232. The summed E-state index contributed by atoms with van der Waals surface area (Å²) < 4.78 is 15.2. The van der Waals surface area contributed by atoms with Crippen molar-refractivity contribution < 1.29 is 4.39 Å². The van der Waals surface area contributed by atoms with E-state index in [1.807, 2.05) is 6.07 Å². The molecule has 112 valence electrons. The quantitative estimate of drug-likeness (QED) is 0.679. The average Bonchev–Trinajstić information content (AvgIpc) is 2.41. The molecule has 2 rings (SSSR count). The summed E-state index contributed by atoms with van der Waals surface area (Å²) in [5.41, 5.74) is 4.65. The van der Waals surface area contributed by atoms with Crippen molar-refractivity contribution >= 4 is 31.9 Å². The van der Waals surface area contributed by atoms with Crippen molar-refractivity contribution in [2.24, 2.45) is 0 Å². The van der Waals surface area contributed by atoms with Gasteiger partial charge in [0, 0.05) is 8.95 Å². The first kappa shape index (κ1) is 16.7. The Balaban J connectivity index is 2.55. The van der Waals surface area contributed by atoms with E-state index in [1.54, 1.807) is 0 Å². The summed E-state index contributed by atoms with van der Waals surface area (Å²) in [4.78, 5) is 0. The number of hydrogen-bond donors (Lipinski definition) is 1. The van der Waals surface area contributed by atoms with E-state index in [4.69, 9.17) is 0 Å². The van der Waals surface area contributed by atoms with Crippen molar-refractivity contribution in [2.45, 2.75) is 26.8 Å². The molecule has 1 N–H and O–H groups in total. The number of nitrogens with one attached hydrogen (secondary N) is 1. The molecule has 0 saturated carbocycles. The SMILES string of the molecule is CCNC(c1cc(C)c(Br)cc1C)c1ccc(F)cc1Br. The number of aryl methyl sites for hydroxylation is 2. The zero-order valence-corrected chi connectivity index (χ0v) is 15.5. The van der Waals surface area contributed by atoms with Crippen molar-refractivity contribution in [3.8, 4) is 0 Å². The molecule has 0 aliphatic carbocycles. The van der Waals surface area contributed by atoms with Gasteiger partial charge in [0.2, 0.25) is 0 Å². The molecule has 0 heterocycles. The Kier molecular flexibility index (Phi) is 5.58. The molecule has 0 fully saturated rings. The van der Waals surface area contributed by atoms with E-state index in [-0.39, 0.29) is 11.9 Å². The molecule has 0 bridgehead atoms. The lowest BCUT2D eigenvalue weighted by atomic mass is 9.93. The maximum atomic E-state index is 13.3. The van der Waals surface area contributed by atoms with Crippen LogP contribution in [0.15, 0.2) is 39.3 Å². The fourth-order valence-corrected chi connectivity index (χ4v) is 3.48. The number of benzene rings is 2. The number of halogens is 3. The second kappa shape index (κ2) is 7.03. The van der Waals surface area contributed by atoms with Crippen LogP contribution in [-0.2, 0) is 0 Å². The minimum atomic E-state index is -0.232. The van der Waals surface area contributed by atoms with E-state index in [1.165, 1.54) is 28.8 Å². The molecule has 4 heteroatoms. The van der Waals surface area contributed by atoms with Crippen molar-refractivity contribution in [2.75, 3.05) is 6.54 Å². The fraction of sp³-hybridized carbons (Fsp3) is 0.294. The molecule has 1 unspecified atom stereocenters. The summed E-state index contributed by atoms with van der Waals surface area (Å²) in [5, 5.41) is 3.50. The molecule has 1 atom stereocenters. The van der Waals surface area contributed by atoms with Crippen LogP contribution in [0.1, 0.15) is 35.2 Å². The molecular weight excluding hydrogens is 397 g/mol. The molecule has 1 nitrogen and oxygen atoms in total. The molecule has 2 aromatic carbocycles. The van der Waals surface area contributed by atoms with Gasteiger partial charge in [-0.3, -0.25) is 0 Å². The van der Waals surface area contributed by atoms with Gasteiger partial charge in [0.15, 0.2) is 0 Å². The third-order valence-electron chi connectivity index (χ3n) is 3.54. The van der Waals surface area contributed by atoms with Gasteiger partial charge in [-0.2, -0.15) is 0 Å². The van der Waals surface area contributed by atoms with Crippen molar-refractivity contribution in [3.63, 3.8) is 0 Å². The first-order valence-electron chi connectivity index (χ1n) is 6.89. The number of rotatable bonds is 4. The maximum absolute atomic E-state index is 13.3. The Bertz CT molecular complexity index is 655. The lowest BCUT2D eigenvalue weighted by molar-refractivity contribution is 0.609. The van der Waals surface area contributed by atoms with E-state index >= 15 is 0 Å². The second-order valence-corrected chi connectivity index (χ2v) is 6.82. The maximum Gasteiger partial charge on any atom is 0.124 e. The second-order valence-electron chi connectivity index (χ2n) is 5.11. The Labute approximate surface area is 142 Å². The van der Waals surface area contributed by atoms with Crippen LogP contribution in [0.2, 0.25) is 0 Å². The van der Waals surface area contributed by atoms with Gasteiger partial charge in [-0.25, -0.2) is 4.39 Å². The molecule has 0 radical (unpaired) electrons. The number of hydrogen-bond acceptors (Lipinski definition) is 1. The first-order chi connectivity index (χ1) is 9.93. The van der Waals surface area contributed by atoms with E-state index in [0.717, 1.165) is 21.1 Å². The standard InChI is InChI=1S/C17H18Br2FN/c1-4-21-17(13-6-5-12(20)9-16(13)19)14-7-11(3)15(18)8-10(14)2/h5-9,17,21H,4H2,1-3H3. The van der Waals surface area contributed by atoms with Crippen LogP contribution in [0.5, 0.6) is 0 Å². The molecule has 2 aromatic rings. The van der Waals surface area contributed by atoms with Crippen LogP contribution >= 0.6 is 31.9 Å². The highest BCUT2D eigenvalue weighted by Gasteiger charge is 2.19. The third-order valence-corrected chi connectivity index (χ3v) is 5.08. The van der Waals surface area contributed by atoms with Gasteiger partial charge < -0.3 is 5.32 Å². The van der Waals surface area contributed by atoms with Crippen molar-refractivity contribution in [1.82, 2.24) is 5.32 Å². The van der Waals surface area contributed by atoms with Gasteiger partial charge in [-0.05, 0) is 60.8 Å². The van der Waals surface area contributed by atoms with Crippen molar-refractivity contribution in [3.05, 3.63) is 67.3 Å². The topological polar surface area (TPSA) is 12.0 Å². The summed E-state index contributed by atoms with van der Waals surface area (Å²) >= 11 is 7.05. The van der Waals surface area contributed by atoms with Gasteiger partial charge in [0.25, 0.3) is 0 Å². The average molecular weight is 415 g/mol. The predicted molar refractivity (Wildman–Crippen MR) is 93.2 cm³/mol. The monoisotopic (exact) mass is 413 g/mol. The minimum Gasteiger partial charge on any atom is -0.306 e. The lowest BCUT2D eigenvalue weighted by Crippen LogP contribution is -2.23. The van der Waals surface area contributed by atoms with E-state index in [2.05, 4.69) is 70.1 Å². The Morgan fingerprint density at radius 3 is 2.33 bits per heavy atom. The third kappa shape index (κ3) is 3.74. The van der Waals surface area contributed by atoms with Crippen LogP contribution in [0.4, 0.5) is 4.39 Å². The van der Waals surface area contributed by atoms with Crippen LogP contribution in [0.3, 0.4) is 0 Å². The summed E-state index contributed by atoms with van der Waals surface area (Å²) in [6, 6.07) is 9.21. The highest BCUT2D eigenvalue weighted by Crippen LogP contribution is 2.33. The highest BCUT2D eigenvalue weighted by atomic mass is 79.9. The van der Waals surface area contributed by atoms with Crippen molar-refractivity contribution in [1.29, 1.82) is 0 Å². The molecule has 21 heavy (non-hydrogen) atoms. The minimum absolute atomic E-state index is 0.0387. The highest BCUT2D eigenvalue weighted by molar-refractivity contribution is 9.10. The van der Waals surface area contributed by atoms with Gasteiger partial charge in [0.05, 0.1) is 6.04 Å². The molecular formula is C17H18Br2FN. The largest absolute Gasteiger partial charge is 0.306 e. The molecule has 0 amide bonds. The zero-order valence-electron chi connectivity index (χ0n) is 12.3. The molecule has 0 aromatic heterocycles. The summed E-state index contributed by atoms with van der Waals surface area (Å²) in [6.45, 7) is 7.09. The van der Waals surface area contributed by atoms with E-state index < -0.39 is 0 Å². The van der Waals surface area contributed by atoms with Crippen LogP contribution in [-0.4, -0.2) is 6.54 Å². The van der Waals surface area contributed by atoms with Gasteiger partial charge in [-0.15, -0.1) is 0 Å². The Hall–Kier alpha value is -0.710. The lowest BCUT2D eigenvalue weighted by Gasteiger charge is -2.23. The van der Waals surface area contributed by atoms with Crippen LogP contribution in [0, 0.1) is 19.7 Å². The normalized spacial score (nSPS) is 12.5. The van der Waals surface area contributed by atoms with E-state index in [9.17, 15) is 4.39 Å². The van der Waals surface area contributed by atoms with Gasteiger partial charge >= 0.3 is 0 Å². The fourth-order valence-electron chi connectivity index (χ4n) is 2.44. The smallest absolute Gasteiger partial charge is 0.124 e. The molecule has 0 aliphatic rings. The van der Waals surface area contributed by atoms with Crippen LogP contribution < -0.4 is 5.32 Å². The zero-order chi connectivity index (χ0) is 15.6. The Morgan fingerprint density at radius 1 is 1.00 bits per heavy atom. The first-order valence-corrected chi connectivity index (χ1v) is 8.47.